The molecular formula is C7H12ClN3O3S2. The van der Waals surface area contributed by atoms with Crippen LogP contribution in [0, 0.1) is 0 Å². The number of hydrogen-bond donors (Lipinski definition) is 1. The molecule has 92 valence electrons. The van der Waals surface area contributed by atoms with Gasteiger partial charge in [-0.3, -0.25) is 4.21 Å². The molecule has 0 bridgehead atoms. The normalized spacial score (nSPS) is 13.9. The first-order valence-corrected chi connectivity index (χ1v) is 7.90. The monoisotopic (exact) mass is 285 g/mol. The SMILES string of the molecule is Cn1cnc(S(=O)(=O)NCCS(C)=O)c1Cl. The van der Waals surface area contributed by atoms with Gasteiger partial charge in [0.15, 0.2) is 0 Å². The lowest BCUT2D eigenvalue weighted by molar-refractivity contribution is 0.580. The lowest BCUT2D eigenvalue weighted by Crippen LogP contribution is -2.28. The van der Waals surface area contributed by atoms with E-state index in [1.54, 1.807) is 7.05 Å². The highest BCUT2D eigenvalue weighted by atomic mass is 35.5. The highest BCUT2D eigenvalue weighted by Gasteiger charge is 2.21. The molecule has 0 saturated heterocycles. The second-order valence-electron chi connectivity index (χ2n) is 3.13. The Bertz CT molecular complexity index is 497. The van der Waals surface area contributed by atoms with Crippen molar-refractivity contribution in [3.8, 4) is 0 Å². The van der Waals surface area contributed by atoms with Crippen LogP contribution in [0.2, 0.25) is 5.15 Å². The number of aryl methyl sites for hydroxylation is 1. The number of sulfonamides is 1. The molecule has 0 spiro atoms. The van der Waals surface area contributed by atoms with Crippen LogP contribution in [0.4, 0.5) is 0 Å². The standard InChI is InChI=1S/C7H12ClN3O3S2/c1-11-5-9-7(6(11)8)16(13,14)10-3-4-15(2)12/h5,10H,3-4H2,1-2H3. The van der Waals surface area contributed by atoms with Crippen LogP contribution < -0.4 is 4.72 Å². The van der Waals surface area contributed by atoms with E-state index in [9.17, 15) is 12.6 Å². The van der Waals surface area contributed by atoms with Gasteiger partial charge in [0.2, 0.25) is 5.03 Å². The number of imidazole rings is 1. The average molecular weight is 286 g/mol. The molecule has 0 aliphatic heterocycles. The van der Waals surface area contributed by atoms with E-state index < -0.39 is 20.8 Å². The Morgan fingerprint density at radius 2 is 2.25 bits per heavy atom. The third-order valence-corrected chi connectivity index (χ3v) is 4.50. The Hall–Kier alpha value is -0.440. The molecular weight excluding hydrogens is 274 g/mol. The van der Waals surface area contributed by atoms with E-state index in [0.717, 1.165) is 0 Å². The first-order chi connectivity index (χ1) is 7.34. The van der Waals surface area contributed by atoms with Gasteiger partial charge in [-0.1, -0.05) is 11.6 Å². The van der Waals surface area contributed by atoms with Crippen molar-refractivity contribution in [2.75, 3.05) is 18.6 Å². The number of halogens is 1. The van der Waals surface area contributed by atoms with Gasteiger partial charge in [0.1, 0.15) is 5.15 Å². The van der Waals surface area contributed by atoms with E-state index >= 15 is 0 Å². The minimum atomic E-state index is -3.71. The maximum atomic E-state index is 11.7. The first kappa shape index (κ1) is 13.6. The Kier molecular flexibility index (Phi) is 4.48. The Morgan fingerprint density at radius 3 is 2.69 bits per heavy atom. The van der Waals surface area contributed by atoms with Crippen molar-refractivity contribution in [1.82, 2.24) is 14.3 Å². The molecule has 0 fully saturated rings. The van der Waals surface area contributed by atoms with Crippen LogP contribution in [0.25, 0.3) is 0 Å². The minimum absolute atomic E-state index is 0.0464. The predicted molar refractivity (Wildman–Crippen MR) is 62.3 cm³/mol. The zero-order valence-electron chi connectivity index (χ0n) is 8.81. The molecule has 1 rings (SSSR count). The van der Waals surface area contributed by atoms with Crippen LogP contribution in [-0.2, 0) is 27.9 Å². The zero-order valence-corrected chi connectivity index (χ0v) is 11.2. The summed E-state index contributed by atoms with van der Waals surface area (Å²) in [5.74, 6) is 0.254. The fourth-order valence-corrected chi connectivity index (χ4v) is 2.94. The molecule has 1 atom stereocenters. The molecule has 6 nitrogen and oxygen atoms in total. The van der Waals surface area contributed by atoms with Gasteiger partial charge in [-0.05, 0) is 0 Å². The van der Waals surface area contributed by atoms with Crippen LogP contribution in [0.1, 0.15) is 0 Å². The topological polar surface area (TPSA) is 81.1 Å². The maximum Gasteiger partial charge on any atom is 0.261 e. The summed E-state index contributed by atoms with van der Waals surface area (Å²) in [6, 6.07) is 0. The molecule has 16 heavy (non-hydrogen) atoms. The number of nitrogens with one attached hydrogen (secondary N) is 1. The number of aromatic nitrogens is 2. The average Bonchev–Trinajstić information content (AvgIpc) is 2.47. The van der Waals surface area contributed by atoms with Crippen molar-refractivity contribution < 1.29 is 12.6 Å². The fraction of sp³-hybridized carbons (Fsp3) is 0.571. The summed E-state index contributed by atoms with van der Waals surface area (Å²) >= 11 is 5.76. The molecule has 1 aromatic heterocycles. The summed E-state index contributed by atoms with van der Waals surface area (Å²) in [7, 11) is -3.16. The molecule has 1 heterocycles. The van der Waals surface area contributed by atoms with Crippen molar-refractivity contribution in [1.29, 1.82) is 0 Å². The van der Waals surface area contributed by atoms with Gasteiger partial charge in [-0.15, -0.1) is 0 Å². The largest absolute Gasteiger partial charge is 0.324 e. The highest BCUT2D eigenvalue weighted by molar-refractivity contribution is 7.89. The molecule has 0 saturated carbocycles. The molecule has 1 aromatic rings. The summed E-state index contributed by atoms with van der Waals surface area (Å²) < 4.78 is 37.8. The zero-order chi connectivity index (χ0) is 12.3. The van der Waals surface area contributed by atoms with Gasteiger partial charge >= 0.3 is 0 Å². The van der Waals surface area contributed by atoms with E-state index in [2.05, 4.69) is 9.71 Å². The first-order valence-electron chi connectivity index (χ1n) is 4.31. The van der Waals surface area contributed by atoms with Crippen LogP contribution in [0.5, 0.6) is 0 Å². The molecule has 1 unspecified atom stereocenters. The smallest absolute Gasteiger partial charge is 0.261 e. The van der Waals surface area contributed by atoms with Crippen molar-refractivity contribution in [2.45, 2.75) is 5.03 Å². The lowest BCUT2D eigenvalue weighted by Gasteiger charge is -2.03. The van der Waals surface area contributed by atoms with Gasteiger partial charge in [0.05, 0.1) is 6.33 Å². The molecule has 9 heteroatoms. The van der Waals surface area contributed by atoms with Crippen molar-refractivity contribution >= 4 is 32.4 Å². The summed E-state index contributed by atoms with van der Waals surface area (Å²) in [5, 5.41) is -0.163. The third-order valence-electron chi connectivity index (χ3n) is 1.77. The van der Waals surface area contributed by atoms with Crippen molar-refractivity contribution in [3.05, 3.63) is 11.5 Å². The van der Waals surface area contributed by atoms with E-state index in [1.165, 1.54) is 17.2 Å². The van der Waals surface area contributed by atoms with Crippen LogP contribution in [-0.4, -0.2) is 40.7 Å². The summed E-state index contributed by atoms with van der Waals surface area (Å²) in [6.07, 6.45) is 2.82. The Morgan fingerprint density at radius 1 is 1.62 bits per heavy atom. The second-order valence-corrected chi connectivity index (χ2v) is 6.72. The van der Waals surface area contributed by atoms with Crippen molar-refractivity contribution in [3.63, 3.8) is 0 Å². The Balaban J connectivity index is 2.79. The molecule has 0 aliphatic rings. The summed E-state index contributed by atoms with van der Waals surface area (Å²) in [4.78, 5) is 3.69. The van der Waals surface area contributed by atoms with Gasteiger partial charge in [0.25, 0.3) is 10.0 Å². The molecule has 1 N–H and O–H groups in total. The van der Waals surface area contributed by atoms with E-state index in [0.29, 0.717) is 0 Å². The summed E-state index contributed by atoms with van der Waals surface area (Å²) in [6.45, 7) is 0.0956. The summed E-state index contributed by atoms with van der Waals surface area (Å²) in [5.41, 5.74) is 0. The predicted octanol–water partition coefficient (Wildman–Crippen LogP) is -0.270. The lowest BCUT2D eigenvalue weighted by atomic mass is 10.8. The van der Waals surface area contributed by atoms with Gasteiger partial charge < -0.3 is 4.57 Å². The van der Waals surface area contributed by atoms with E-state index in [1.807, 2.05) is 0 Å². The van der Waals surface area contributed by atoms with Crippen LogP contribution >= 0.6 is 11.6 Å². The number of rotatable bonds is 5. The van der Waals surface area contributed by atoms with E-state index in [-0.39, 0.29) is 22.5 Å². The van der Waals surface area contributed by atoms with Crippen LogP contribution in [0.15, 0.2) is 11.4 Å². The van der Waals surface area contributed by atoms with Gasteiger partial charge in [-0.25, -0.2) is 18.1 Å². The second kappa shape index (κ2) is 5.26. The third kappa shape index (κ3) is 3.27. The van der Waals surface area contributed by atoms with Gasteiger partial charge in [0, 0.05) is 36.4 Å². The van der Waals surface area contributed by atoms with Crippen LogP contribution in [0.3, 0.4) is 0 Å². The van der Waals surface area contributed by atoms with E-state index in [4.69, 9.17) is 11.6 Å². The highest BCUT2D eigenvalue weighted by Crippen LogP contribution is 2.17. The Labute approximate surface area is 102 Å². The quantitative estimate of drug-likeness (QED) is 0.807. The molecule has 0 aromatic carbocycles. The molecule has 0 amide bonds. The fourth-order valence-electron chi connectivity index (χ4n) is 0.962. The minimum Gasteiger partial charge on any atom is -0.324 e. The maximum absolute atomic E-state index is 11.7. The number of nitrogens with zero attached hydrogens (tertiary/aromatic N) is 2. The molecule has 0 aliphatic carbocycles. The molecule has 0 radical (unpaired) electrons. The number of hydrogen-bond acceptors (Lipinski definition) is 4. The van der Waals surface area contributed by atoms with Crippen molar-refractivity contribution in [2.24, 2.45) is 7.05 Å². The van der Waals surface area contributed by atoms with Gasteiger partial charge in [-0.2, -0.15) is 0 Å².